The van der Waals surface area contributed by atoms with Crippen molar-refractivity contribution in [3.05, 3.63) is 58.3 Å². The molecule has 0 atom stereocenters. The number of imidazole rings is 1. The van der Waals surface area contributed by atoms with E-state index in [1.807, 2.05) is 22.7 Å². The van der Waals surface area contributed by atoms with E-state index in [0.717, 1.165) is 27.1 Å². The maximum atomic E-state index is 5.90. The molecule has 3 nitrogen and oxygen atoms in total. The lowest BCUT2D eigenvalue weighted by atomic mass is 10.1. The molecule has 0 fully saturated rings. The van der Waals surface area contributed by atoms with Crippen molar-refractivity contribution in [3.8, 4) is 11.3 Å². The summed E-state index contributed by atoms with van der Waals surface area (Å²) in [6.07, 6.45) is 2.00. The second-order valence-corrected chi connectivity index (χ2v) is 5.47. The van der Waals surface area contributed by atoms with E-state index in [2.05, 4.69) is 52.1 Å². The minimum Gasteiger partial charge on any atom is -0.325 e. The van der Waals surface area contributed by atoms with Gasteiger partial charge >= 0.3 is 0 Å². The lowest BCUT2D eigenvalue weighted by Crippen LogP contribution is -2.02. The Kier molecular flexibility index (Phi) is 3.12. The van der Waals surface area contributed by atoms with Crippen molar-refractivity contribution in [3.63, 3.8) is 0 Å². The van der Waals surface area contributed by atoms with Crippen LogP contribution >= 0.6 is 15.9 Å². The number of aromatic nitrogens is 2. The molecule has 19 heavy (non-hydrogen) atoms. The van der Waals surface area contributed by atoms with Crippen molar-refractivity contribution in [2.75, 3.05) is 0 Å². The van der Waals surface area contributed by atoms with E-state index in [-0.39, 0.29) is 0 Å². The Labute approximate surface area is 120 Å². The Hall–Kier alpha value is -1.65. The van der Waals surface area contributed by atoms with Crippen LogP contribution in [0.15, 0.2) is 47.1 Å². The normalized spacial score (nSPS) is 11.1. The minimum atomic E-state index is 0.459. The zero-order valence-corrected chi connectivity index (χ0v) is 12.2. The lowest BCUT2D eigenvalue weighted by Gasteiger charge is -2.03. The Morgan fingerprint density at radius 1 is 1.16 bits per heavy atom. The monoisotopic (exact) mass is 315 g/mol. The third-order valence-corrected chi connectivity index (χ3v) is 3.67. The highest BCUT2D eigenvalue weighted by Gasteiger charge is 2.12. The fourth-order valence-electron chi connectivity index (χ4n) is 2.21. The summed E-state index contributed by atoms with van der Waals surface area (Å²) in [5, 5.41) is 0. The third kappa shape index (κ3) is 2.17. The zero-order valence-electron chi connectivity index (χ0n) is 10.6. The van der Waals surface area contributed by atoms with Crippen LogP contribution in [0.4, 0.5) is 0 Å². The SMILES string of the molecule is Cc1ccc(-c2nc3ccc(Br)cn3c2CN)cc1. The second kappa shape index (κ2) is 4.79. The molecule has 4 heteroatoms. The molecule has 3 rings (SSSR count). The molecular formula is C15H14BrN3. The maximum Gasteiger partial charge on any atom is 0.137 e. The van der Waals surface area contributed by atoms with E-state index in [0.29, 0.717) is 6.54 Å². The number of nitrogens with two attached hydrogens (primary N) is 1. The zero-order chi connectivity index (χ0) is 13.4. The summed E-state index contributed by atoms with van der Waals surface area (Å²) in [6.45, 7) is 2.54. The van der Waals surface area contributed by atoms with E-state index < -0.39 is 0 Å². The Morgan fingerprint density at radius 2 is 1.89 bits per heavy atom. The van der Waals surface area contributed by atoms with Gasteiger partial charge in [0.25, 0.3) is 0 Å². The smallest absolute Gasteiger partial charge is 0.137 e. The highest BCUT2D eigenvalue weighted by molar-refractivity contribution is 9.10. The Morgan fingerprint density at radius 3 is 2.58 bits per heavy atom. The van der Waals surface area contributed by atoms with Crippen molar-refractivity contribution in [1.29, 1.82) is 0 Å². The molecule has 0 saturated heterocycles. The van der Waals surface area contributed by atoms with Gasteiger partial charge in [-0.25, -0.2) is 4.98 Å². The number of pyridine rings is 1. The molecule has 2 heterocycles. The van der Waals surface area contributed by atoms with Gasteiger partial charge in [0.05, 0.1) is 11.4 Å². The molecule has 0 aliphatic rings. The van der Waals surface area contributed by atoms with Gasteiger partial charge in [0.2, 0.25) is 0 Å². The van der Waals surface area contributed by atoms with Crippen molar-refractivity contribution >= 4 is 21.6 Å². The highest BCUT2D eigenvalue weighted by atomic mass is 79.9. The summed E-state index contributed by atoms with van der Waals surface area (Å²) in [6, 6.07) is 12.3. The van der Waals surface area contributed by atoms with Crippen LogP contribution in [0, 0.1) is 6.92 Å². The van der Waals surface area contributed by atoms with Gasteiger partial charge in [0.1, 0.15) is 5.65 Å². The molecule has 0 radical (unpaired) electrons. The molecule has 1 aromatic carbocycles. The quantitative estimate of drug-likeness (QED) is 0.786. The Bertz CT molecular complexity index is 729. The number of benzene rings is 1. The average molecular weight is 316 g/mol. The van der Waals surface area contributed by atoms with Crippen molar-refractivity contribution in [2.45, 2.75) is 13.5 Å². The number of nitrogens with zero attached hydrogens (tertiary/aromatic N) is 2. The van der Waals surface area contributed by atoms with E-state index in [1.165, 1.54) is 5.56 Å². The molecule has 0 saturated carbocycles. The van der Waals surface area contributed by atoms with Gasteiger partial charge in [-0.1, -0.05) is 29.8 Å². The molecule has 0 aliphatic carbocycles. The van der Waals surface area contributed by atoms with Gasteiger partial charge in [0.15, 0.2) is 0 Å². The average Bonchev–Trinajstić information content (AvgIpc) is 2.77. The summed E-state index contributed by atoms with van der Waals surface area (Å²) in [5.41, 5.74) is 11.1. The minimum absolute atomic E-state index is 0.459. The number of hydrogen-bond acceptors (Lipinski definition) is 2. The second-order valence-electron chi connectivity index (χ2n) is 4.55. The first-order chi connectivity index (χ1) is 9.19. The van der Waals surface area contributed by atoms with Gasteiger partial charge in [-0.15, -0.1) is 0 Å². The van der Waals surface area contributed by atoms with Crippen molar-refractivity contribution < 1.29 is 0 Å². The first-order valence-corrected chi connectivity index (χ1v) is 6.92. The molecule has 0 unspecified atom stereocenters. The number of halogens is 1. The molecular weight excluding hydrogens is 302 g/mol. The first-order valence-electron chi connectivity index (χ1n) is 6.12. The summed E-state index contributed by atoms with van der Waals surface area (Å²) in [5.74, 6) is 0. The van der Waals surface area contributed by atoms with Crippen LogP contribution in [0.2, 0.25) is 0 Å². The van der Waals surface area contributed by atoms with E-state index in [1.54, 1.807) is 0 Å². The number of aryl methyl sites for hydroxylation is 1. The van der Waals surface area contributed by atoms with Crippen LogP contribution in [0.1, 0.15) is 11.3 Å². The van der Waals surface area contributed by atoms with Crippen LogP contribution in [0.3, 0.4) is 0 Å². The molecule has 2 aromatic heterocycles. The van der Waals surface area contributed by atoms with E-state index >= 15 is 0 Å². The summed E-state index contributed by atoms with van der Waals surface area (Å²) >= 11 is 3.48. The molecule has 2 N–H and O–H groups in total. The Balaban J connectivity index is 2.25. The van der Waals surface area contributed by atoms with Crippen LogP contribution < -0.4 is 5.73 Å². The van der Waals surface area contributed by atoms with E-state index in [4.69, 9.17) is 5.73 Å². The van der Waals surface area contributed by atoms with Crippen molar-refractivity contribution in [1.82, 2.24) is 9.38 Å². The first kappa shape index (κ1) is 12.4. The van der Waals surface area contributed by atoms with Crippen LogP contribution in [-0.4, -0.2) is 9.38 Å². The molecule has 0 bridgehead atoms. The fraction of sp³-hybridized carbons (Fsp3) is 0.133. The predicted octanol–water partition coefficient (Wildman–Crippen LogP) is 3.53. The number of rotatable bonds is 2. The van der Waals surface area contributed by atoms with Gasteiger partial charge in [-0.3, -0.25) is 0 Å². The number of fused-ring (bicyclic) bond motifs is 1. The van der Waals surface area contributed by atoms with Crippen LogP contribution in [0.5, 0.6) is 0 Å². The maximum absolute atomic E-state index is 5.90. The van der Waals surface area contributed by atoms with Gasteiger partial charge in [0, 0.05) is 22.8 Å². The largest absolute Gasteiger partial charge is 0.325 e. The standard InChI is InChI=1S/C15H14BrN3/c1-10-2-4-11(5-3-10)15-13(8-17)19-9-12(16)6-7-14(19)18-15/h2-7,9H,8,17H2,1H3. The van der Waals surface area contributed by atoms with Crippen LogP contribution in [-0.2, 0) is 6.54 Å². The molecule has 0 spiro atoms. The van der Waals surface area contributed by atoms with Crippen LogP contribution in [0.25, 0.3) is 16.9 Å². The van der Waals surface area contributed by atoms with Gasteiger partial charge < -0.3 is 10.1 Å². The predicted molar refractivity (Wildman–Crippen MR) is 81.0 cm³/mol. The third-order valence-electron chi connectivity index (χ3n) is 3.20. The topological polar surface area (TPSA) is 43.3 Å². The summed E-state index contributed by atoms with van der Waals surface area (Å²) < 4.78 is 3.06. The summed E-state index contributed by atoms with van der Waals surface area (Å²) in [4.78, 5) is 4.69. The summed E-state index contributed by atoms with van der Waals surface area (Å²) in [7, 11) is 0. The molecule has 0 aliphatic heterocycles. The lowest BCUT2D eigenvalue weighted by molar-refractivity contribution is 0.959. The molecule has 0 amide bonds. The van der Waals surface area contributed by atoms with E-state index in [9.17, 15) is 0 Å². The molecule has 96 valence electrons. The molecule has 3 aromatic rings. The fourth-order valence-corrected chi connectivity index (χ4v) is 2.54. The number of hydrogen-bond donors (Lipinski definition) is 1. The highest BCUT2D eigenvalue weighted by Crippen LogP contribution is 2.25. The van der Waals surface area contributed by atoms with Gasteiger partial charge in [-0.2, -0.15) is 0 Å². The van der Waals surface area contributed by atoms with Gasteiger partial charge in [-0.05, 0) is 35.0 Å². The van der Waals surface area contributed by atoms with Crippen molar-refractivity contribution in [2.24, 2.45) is 5.73 Å².